The molecule has 0 fully saturated rings. The van der Waals surface area contributed by atoms with Crippen molar-refractivity contribution in [3.63, 3.8) is 0 Å². The molecule has 0 saturated carbocycles. The number of carboxylic acids is 1. The zero-order valence-electron chi connectivity index (χ0n) is 8.87. The molecule has 86 valence electrons. The summed E-state index contributed by atoms with van der Waals surface area (Å²) < 4.78 is 1.10. The highest BCUT2D eigenvalue weighted by atomic mass is 16.4. The molecular weight excluding hydrogens is 220 g/mol. The quantitative estimate of drug-likeness (QED) is 0.721. The molecular formula is C12H9N2O3-. The summed E-state index contributed by atoms with van der Waals surface area (Å²) in [5, 5.41) is 14.3. The smallest absolute Gasteiger partial charge is 0.267 e. The Hall–Kier alpha value is -2.43. The van der Waals surface area contributed by atoms with Crippen molar-refractivity contribution < 1.29 is 9.90 Å². The van der Waals surface area contributed by atoms with Crippen molar-refractivity contribution in [1.82, 2.24) is 9.78 Å². The first kappa shape index (κ1) is 11.1. The molecule has 0 aliphatic carbocycles. The summed E-state index contributed by atoms with van der Waals surface area (Å²) in [6, 6.07) is 11.5. The van der Waals surface area contributed by atoms with Crippen LogP contribution in [-0.2, 0) is 6.54 Å². The van der Waals surface area contributed by atoms with E-state index in [-0.39, 0.29) is 17.8 Å². The van der Waals surface area contributed by atoms with Crippen LogP contribution in [0.2, 0.25) is 0 Å². The van der Waals surface area contributed by atoms with Crippen LogP contribution in [0, 0.1) is 0 Å². The van der Waals surface area contributed by atoms with Crippen LogP contribution in [0.5, 0.6) is 0 Å². The summed E-state index contributed by atoms with van der Waals surface area (Å²) in [4.78, 5) is 22.1. The molecule has 0 bridgehead atoms. The number of carboxylic acid groups (broad SMARTS) is 1. The number of hydrogen-bond donors (Lipinski definition) is 0. The first-order valence-electron chi connectivity index (χ1n) is 5.00. The van der Waals surface area contributed by atoms with Crippen LogP contribution in [0.4, 0.5) is 0 Å². The van der Waals surface area contributed by atoms with Gasteiger partial charge in [-0.15, -0.1) is 0 Å². The highest BCUT2D eigenvalue weighted by molar-refractivity contribution is 5.82. The Labute approximate surface area is 97.0 Å². The second-order valence-electron chi connectivity index (χ2n) is 3.49. The van der Waals surface area contributed by atoms with E-state index in [2.05, 4.69) is 5.10 Å². The predicted octanol–water partition coefficient (Wildman–Crippen LogP) is -0.345. The lowest BCUT2D eigenvalue weighted by atomic mass is 10.2. The summed E-state index contributed by atoms with van der Waals surface area (Å²) in [6.07, 6.45) is 0. The average molecular weight is 229 g/mol. The maximum absolute atomic E-state index is 11.5. The van der Waals surface area contributed by atoms with Crippen LogP contribution in [0.25, 0.3) is 0 Å². The van der Waals surface area contributed by atoms with E-state index >= 15 is 0 Å². The third-order valence-corrected chi connectivity index (χ3v) is 2.25. The fourth-order valence-corrected chi connectivity index (χ4v) is 1.43. The van der Waals surface area contributed by atoms with Crippen molar-refractivity contribution in [2.24, 2.45) is 0 Å². The van der Waals surface area contributed by atoms with Gasteiger partial charge in [0.2, 0.25) is 0 Å². The second kappa shape index (κ2) is 4.61. The van der Waals surface area contributed by atoms with Crippen molar-refractivity contribution >= 4 is 5.97 Å². The minimum atomic E-state index is -1.40. The van der Waals surface area contributed by atoms with Crippen molar-refractivity contribution in [3.8, 4) is 0 Å². The Morgan fingerprint density at radius 1 is 1.18 bits per heavy atom. The molecule has 0 spiro atoms. The molecule has 2 aromatic rings. The van der Waals surface area contributed by atoms with E-state index < -0.39 is 5.97 Å². The molecule has 1 aromatic carbocycles. The zero-order valence-corrected chi connectivity index (χ0v) is 8.87. The summed E-state index contributed by atoms with van der Waals surface area (Å²) >= 11 is 0. The normalized spacial score (nSPS) is 10.1. The minimum absolute atomic E-state index is 0.237. The van der Waals surface area contributed by atoms with E-state index in [4.69, 9.17) is 0 Å². The first-order valence-corrected chi connectivity index (χ1v) is 5.00. The van der Waals surface area contributed by atoms with Crippen molar-refractivity contribution in [1.29, 1.82) is 0 Å². The van der Waals surface area contributed by atoms with Crippen LogP contribution >= 0.6 is 0 Å². The average Bonchev–Trinajstić information content (AvgIpc) is 2.33. The monoisotopic (exact) mass is 229 g/mol. The number of rotatable bonds is 3. The third-order valence-electron chi connectivity index (χ3n) is 2.25. The number of aromatic carboxylic acids is 1. The number of carbonyl (C=O) groups excluding carboxylic acids is 1. The highest BCUT2D eigenvalue weighted by Crippen LogP contribution is 1.99. The van der Waals surface area contributed by atoms with Crippen molar-refractivity contribution in [2.45, 2.75) is 6.54 Å². The second-order valence-corrected chi connectivity index (χ2v) is 3.49. The molecule has 0 saturated heterocycles. The summed E-state index contributed by atoms with van der Waals surface area (Å²) in [6.45, 7) is 0.237. The van der Waals surface area contributed by atoms with Gasteiger partial charge in [0.25, 0.3) is 5.56 Å². The summed E-state index contributed by atoms with van der Waals surface area (Å²) in [5.41, 5.74) is 0.275. The Kier molecular flexibility index (Phi) is 3.00. The Bertz CT molecular complexity index is 590. The SMILES string of the molecule is O=C([O-])c1ccc(=O)n(Cc2ccccc2)n1. The fourth-order valence-electron chi connectivity index (χ4n) is 1.43. The van der Waals surface area contributed by atoms with Gasteiger partial charge in [-0.25, -0.2) is 4.68 Å². The van der Waals surface area contributed by atoms with Gasteiger partial charge in [-0.05, 0) is 11.6 Å². The van der Waals surface area contributed by atoms with Gasteiger partial charge in [0.1, 0.15) is 5.69 Å². The van der Waals surface area contributed by atoms with Crippen LogP contribution < -0.4 is 10.7 Å². The molecule has 1 aromatic heterocycles. The molecule has 5 heteroatoms. The van der Waals surface area contributed by atoms with E-state index in [0.717, 1.165) is 16.3 Å². The minimum Gasteiger partial charge on any atom is -0.543 e. The lowest BCUT2D eigenvalue weighted by Crippen LogP contribution is -2.30. The maximum Gasteiger partial charge on any atom is 0.267 e. The van der Waals surface area contributed by atoms with Gasteiger partial charge < -0.3 is 9.90 Å². The van der Waals surface area contributed by atoms with Gasteiger partial charge in [-0.2, -0.15) is 5.10 Å². The fraction of sp³-hybridized carbons (Fsp3) is 0.0833. The number of hydrogen-bond acceptors (Lipinski definition) is 4. The molecule has 0 N–H and O–H groups in total. The standard InChI is InChI=1S/C12H10N2O3/c15-11-7-6-10(12(16)17)13-14(11)8-9-4-2-1-3-5-9/h1-7H,8H2,(H,16,17)/p-1. The predicted molar refractivity (Wildman–Crippen MR) is 58.4 cm³/mol. The Balaban J connectivity index is 2.36. The van der Waals surface area contributed by atoms with E-state index in [1.165, 1.54) is 6.07 Å². The zero-order chi connectivity index (χ0) is 12.3. The molecule has 0 atom stereocenters. The van der Waals surface area contributed by atoms with E-state index in [9.17, 15) is 14.7 Å². The van der Waals surface area contributed by atoms with Crippen LogP contribution in [-0.4, -0.2) is 15.7 Å². The lowest BCUT2D eigenvalue weighted by Gasteiger charge is -2.07. The van der Waals surface area contributed by atoms with E-state index in [0.29, 0.717) is 0 Å². The van der Waals surface area contributed by atoms with E-state index in [1.807, 2.05) is 30.3 Å². The molecule has 5 nitrogen and oxygen atoms in total. The van der Waals surface area contributed by atoms with Gasteiger partial charge >= 0.3 is 0 Å². The van der Waals surface area contributed by atoms with Gasteiger partial charge in [-0.3, -0.25) is 4.79 Å². The largest absolute Gasteiger partial charge is 0.543 e. The molecule has 0 aliphatic rings. The Morgan fingerprint density at radius 2 is 1.88 bits per heavy atom. The Morgan fingerprint density at radius 3 is 2.53 bits per heavy atom. The number of benzene rings is 1. The molecule has 1 heterocycles. The lowest BCUT2D eigenvalue weighted by molar-refractivity contribution is -0.255. The van der Waals surface area contributed by atoms with Crippen LogP contribution in [0.1, 0.15) is 16.1 Å². The van der Waals surface area contributed by atoms with Gasteiger partial charge in [0.05, 0.1) is 12.5 Å². The number of nitrogens with zero attached hydrogens (tertiary/aromatic N) is 2. The maximum atomic E-state index is 11.5. The highest BCUT2D eigenvalue weighted by Gasteiger charge is 2.02. The van der Waals surface area contributed by atoms with Gasteiger partial charge in [-0.1, -0.05) is 30.3 Å². The van der Waals surface area contributed by atoms with Gasteiger partial charge in [0.15, 0.2) is 0 Å². The van der Waals surface area contributed by atoms with Gasteiger partial charge in [0, 0.05) is 6.07 Å². The van der Waals surface area contributed by atoms with Crippen molar-refractivity contribution in [2.75, 3.05) is 0 Å². The first-order chi connectivity index (χ1) is 8.16. The third kappa shape index (κ3) is 2.57. The number of aromatic nitrogens is 2. The van der Waals surface area contributed by atoms with E-state index in [1.54, 1.807) is 0 Å². The molecule has 17 heavy (non-hydrogen) atoms. The summed E-state index contributed by atoms with van der Waals surface area (Å²) in [7, 11) is 0. The van der Waals surface area contributed by atoms with Crippen LogP contribution in [0.15, 0.2) is 47.3 Å². The molecule has 0 radical (unpaired) electrons. The molecule has 0 aliphatic heterocycles. The number of carbonyl (C=O) groups is 1. The van der Waals surface area contributed by atoms with Crippen molar-refractivity contribution in [3.05, 3.63) is 64.1 Å². The summed E-state index contributed by atoms with van der Waals surface area (Å²) in [5.74, 6) is -1.40. The molecule has 0 amide bonds. The topological polar surface area (TPSA) is 75.0 Å². The molecule has 2 rings (SSSR count). The molecule has 0 unspecified atom stereocenters. The van der Waals surface area contributed by atoms with Crippen LogP contribution in [0.3, 0.4) is 0 Å².